The Hall–Kier alpha value is -4.26. The van der Waals surface area contributed by atoms with Crippen molar-refractivity contribution in [3.05, 3.63) is 101 Å². The van der Waals surface area contributed by atoms with E-state index in [1.807, 2.05) is 24.3 Å². The van der Waals surface area contributed by atoms with Crippen LogP contribution in [0.3, 0.4) is 0 Å². The van der Waals surface area contributed by atoms with E-state index in [1.165, 1.54) is 6.21 Å². The van der Waals surface area contributed by atoms with Crippen molar-refractivity contribution in [2.75, 3.05) is 6.61 Å². The van der Waals surface area contributed by atoms with Crippen LogP contribution in [0.2, 0.25) is 0 Å². The summed E-state index contributed by atoms with van der Waals surface area (Å²) >= 11 is 0. The molecule has 3 aromatic rings. The maximum absolute atomic E-state index is 13.5. The fourth-order valence-electron chi connectivity index (χ4n) is 5.69. The molecule has 3 aliphatic carbocycles. The van der Waals surface area contributed by atoms with Gasteiger partial charge in [-0.3, -0.25) is 9.59 Å². The highest BCUT2D eigenvalue weighted by molar-refractivity contribution is 6.08. The summed E-state index contributed by atoms with van der Waals surface area (Å²) in [5.74, 6) is -2.45. The van der Waals surface area contributed by atoms with Crippen LogP contribution in [0, 0.1) is 11.8 Å². The molecule has 4 aliphatic rings. The number of carbonyl (C=O) groups is 3. The van der Waals surface area contributed by atoms with Crippen molar-refractivity contribution < 1.29 is 24.2 Å². The molecule has 1 N–H and O–H groups in total. The summed E-state index contributed by atoms with van der Waals surface area (Å²) in [6, 6.07) is 22.8. The van der Waals surface area contributed by atoms with E-state index in [4.69, 9.17) is 9.84 Å². The summed E-state index contributed by atoms with van der Waals surface area (Å²) in [5, 5.41) is 14.0. The fraction of sp³-hybridized carbons (Fsp3) is 0.185. The Labute approximate surface area is 195 Å². The number of carboxylic acids is 1. The maximum atomic E-state index is 13.5. The minimum Gasteiger partial charge on any atom is -0.482 e. The van der Waals surface area contributed by atoms with Gasteiger partial charge in [-0.25, -0.2) is 4.79 Å². The maximum Gasteiger partial charge on any atom is 0.341 e. The van der Waals surface area contributed by atoms with E-state index in [9.17, 15) is 14.4 Å². The number of hydrogen-bond acceptors (Lipinski definition) is 5. The molecule has 0 unspecified atom stereocenters. The molecule has 7 heteroatoms. The van der Waals surface area contributed by atoms with Gasteiger partial charge in [0.1, 0.15) is 5.75 Å². The predicted octanol–water partition coefficient (Wildman–Crippen LogP) is 3.38. The highest BCUT2D eigenvalue weighted by Crippen LogP contribution is 2.60. The van der Waals surface area contributed by atoms with Gasteiger partial charge in [-0.2, -0.15) is 10.1 Å². The highest BCUT2D eigenvalue weighted by Gasteiger charge is 2.61. The van der Waals surface area contributed by atoms with Crippen molar-refractivity contribution in [3.63, 3.8) is 0 Å². The molecular formula is C27H20N2O5. The molecule has 1 saturated heterocycles. The normalized spacial score (nSPS) is 24.2. The van der Waals surface area contributed by atoms with Crippen LogP contribution in [-0.4, -0.2) is 40.7 Å². The van der Waals surface area contributed by atoms with E-state index in [0.29, 0.717) is 11.3 Å². The number of rotatable bonds is 5. The smallest absolute Gasteiger partial charge is 0.341 e. The molecule has 7 rings (SSSR count). The van der Waals surface area contributed by atoms with Gasteiger partial charge >= 0.3 is 5.97 Å². The predicted molar refractivity (Wildman–Crippen MR) is 123 cm³/mol. The number of hydrogen-bond donors (Lipinski definition) is 1. The average Bonchev–Trinajstić information content (AvgIpc) is 3.12. The molecule has 0 aromatic heterocycles. The molecule has 0 spiro atoms. The number of carboxylic acid groups (broad SMARTS) is 1. The number of hydrazone groups is 1. The third kappa shape index (κ3) is 2.97. The third-order valence-corrected chi connectivity index (χ3v) is 6.99. The summed E-state index contributed by atoms with van der Waals surface area (Å²) < 4.78 is 5.13. The molecule has 2 amide bonds. The molecular weight excluding hydrogens is 432 g/mol. The molecule has 1 heterocycles. The molecule has 0 radical (unpaired) electrons. The molecule has 3 aromatic carbocycles. The van der Waals surface area contributed by atoms with Gasteiger partial charge in [0.15, 0.2) is 6.61 Å². The lowest BCUT2D eigenvalue weighted by molar-refractivity contribution is -0.140. The van der Waals surface area contributed by atoms with Crippen LogP contribution in [0.15, 0.2) is 77.9 Å². The van der Waals surface area contributed by atoms with Crippen molar-refractivity contribution in [2.45, 2.75) is 11.8 Å². The van der Waals surface area contributed by atoms with Gasteiger partial charge < -0.3 is 9.84 Å². The summed E-state index contributed by atoms with van der Waals surface area (Å²) in [6.07, 6.45) is 1.47. The second kappa shape index (κ2) is 7.66. The Morgan fingerprint density at radius 2 is 1.29 bits per heavy atom. The zero-order valence-electron chi connectivity index (χ0n) is 18.0. The summed E-state index contributed by atoms with van der Waals surface area (Å²) in [5.41, 5.74) is 5.15. The second-order valence-electron chi connectivity index (χ2n) is 8.75. The van der Waals surface area contributed by atoms with Gasteiger partial charge in [0, 0.05) is 11.8 Å². The van der Waals surface area contributed by atoms with Gasteiger partial charge in [-0.15, -0.1) is 0 Å². The fourth-order valence-corrected chi connectivity index (χ4v) is 5.69. The lowest BCUT2D eigenvalue weighted by Crippen LogP contribution is -2.41. The van der Waals surface area contributed by atoms with Gasteiger partial charge in [-0.1, -0.05) is 48.5 Å². The first kappa shape index (κ1) is 20.4. The van der Waals surface area contributed by atoms with E-state index in [-0.39, 0.29) is 23.7 Å². The van der Waals surface area contributed by atoms with Crippen molar-refractivity contribution >= 4 is 24.0 Å². The number of carbonyl (C=O) groups excluding carboxylic acids is 2. The van der Waals surface area contributed by atoms with Crippen molar-refractivity contribution in [1.82, 2.24) is 5.01 Å². The number of imide groups is 1. The number of nitrogens with zero attached hydrogens (tertiary/aromatic N) is 2. The minimum absolute atomic E-state index is 0.162. The van der Waals surface area contributed by atoms with Gasteiger partial charge in [0.05, 0.1) is 18.1 Å². The Kier molecular flexibility index (Phi) is 4.58. The van der Waals surface area contributed by atoms with E-state index in [2.05, 4.69) is 29.4 Å². The van der Waals surface area contributed by atoms with Crippen LogP contribution in [0.1, 0.15) is 39.7 Å². The van der Waals surface area contributed by atoms with E-state index < -0.39 is 24.4 Å². The Morgan fingerprint density at radius 3 is 1.74 bits per heavy atom. The molecule has 1 aliphatic heterocycles. The van der Waals surface area contributed by atoms with Crippen LogP contribution >= 0.6 is 0 Å². The molecule has 2 bridgehead atoms. The lowest BCUT2D eigenvalue weighted by Gasteiger charge is -2.45. The topological polar surface area (TPSA) is 96.3 Å². The Bertz CT molecular complexity index is 1250. The summed E-state index contributed by atoms with van der Waals surface area (Å²) in [7, 11) is 0. The first-order chi connectivity index (χ1) is 16.5. The Morgan fingerprint density at radius 1 is 0.824 bits per heavy atom. The van der Waals surface area contributed by atoms with Crippen LogP contribution in [0.4, 0.5) is 0 Å². The SMILES string of the molecule is O=C(O)COc1ccc(/C=N\N2C(=O)[C@H]3C4c5ccccc5C(c5ccccc54)[C@@H]3C2=O)cc1. The van der Waals surface area contributed by atoms with Crippen LogP contribution in [0.25, 0.3) is 0 Å². The molecule has 7 nitrogen and oxygen atoms in total. The summed E-state index contributed by atoms with van der Waals surface area (Å²) in [6.45, 7) is -0.430. The molecule has 2 atom stereocenters. The van der Waals surface area contributed by atoms with Crippen LogP contribution in [0.5, 0.6) is 5.75 Å². The molecule has 34 heavy (non-hydrogen) atoms. The molecule has 1 fully saturated rings. The van der Waals surface area contributed by atoms with Crippen molar-refractivity contribution in [2.24, 2.45) is 16.9 Å². The first-order valence-corrected chi connectivity index (χ1v) is 11.1. The quantitative estimate of drug-likeness (QED) is 0.473. The Balaban J connectivity index is 1.31. The zero-order chi connectivity index (χ0) is 23.4. The number of amides is 2. The number of benzene rings is 3. The largest absolute Gasteiger partial charge is 0.482 e. The third-order valence-electron chi connectivity index (χ3n) is 6.99. The van der Waals surface area contributed by atoms with Gasteiger partial charge in [0.25, 0.3) is 11.8 Å². The van der Waals surface area contributed by atoms with Gasteiger partial charge in [0.2, 0.25) is 0 Å². The average molecular weight is 452 g/mol. The summed E-state index contributed by atoms with van der Waals surface area (Å²) in [4.78, 5) is 37.6. The second-order valence-corrected chi connectivity index (χ2v) is 8.75. The van der Waals surface area contributed by atoms with E-state index in [0.717, 1.165) is 27.3 Å². The standard InChI is InChI=1S/C27H20N2O5/c30-21(31)14-34-16-11-9-15(10-12-16)13-28-29-26(32)24-22-17-5-1-2-6-18(17)23(25(24)27(29)33)20-8-4-3-7-19(20)22/h1-13,22-25H,14H2,(H,30,31)/b28-13-/t22?,23?,24-,25-/m0/s1. The van der Waals surface area contributed by atoms with E-state index in [1.54, 1.807) is 24.3 Å². The van der Waals surface area contributed by atoms with Crippen LogP contribution in [-0.2, 0) is 14.4 Å². The van der Waals surface area contributed by atoms with Crippen LogP contribution < -0.4 is 4.74 Å². The molecule has 0 saturated carbocycles. The molecule has 168 valence electrons. The monoisotopic (exact) mass is 452 g/mol. The first-order valence-electron chi connectivity index (χ1n) is 11.1. The van der Waals surface area contributed by atoms with Crippen molar-refractivity contribution in [1.29, 1.82) is 0 Å². The lowest BCUT2D eigenvalue weighted by atomic mass is 9.55. The minimum atomic E-state index is -1.06. The number of aliphatic carboxylic acids is 1. The van der Waals surface area contributed by atoms with E-state index >= 15 is 0 Å². The highest BCUT2D eigenvalue weighted by atomic mass is 16.5. The number of ether oxygens (including phenoxy) is 1. The zero-order valence-corrected chi connectivity index (χ0v) is 18.0. The van der Waals surface area contributed by atoms with Crippen molar-refractivity contribution in [3.8, 4) is 5.75 Å². The van der Waals surface area contributed by atoms with Gasteiger partial charge in [-0.05, 0) is 52.1 Å².